The summed E-state index contributed by atoms with van der Waals surface area (Å²) in [6.07, 6.45) is 0.267. The van der Waals surface area contributed by atoms with Gasteiger partial charge >= 0.3 is 0 Å². The molecule has 0 aliphatic heterocycles. The topological polar surface area (TPSA) is 9.23 Å². The highest BCUT2D eigenvalue weighted by atomic mass is 16.5. The average molecular weight is 266 g/mol. The molecule has 0 saturated carbocycles. The van der Waals surface area contributed by atoms with Crippen LogP contribution in [-0.4, -0.2) is 6.10 Å². The Bertz CT molecular complexity index is 576. The van der Waals surface area contributed by atoms with Gasteiger partial charge in [-0.25, -0.2) is 0 Å². The van der Waals surface area contributed by atoms with E-state index in [4.69, 9.17) is 4.74 Å². The molecular weight excluding hydrogens is 244 g/mol. The molecule has 1 atom stereocenters. The number of hydrogen-bond donors (Lipinski definition) is 0. The van der Waals surface area contributed by atoms with Gasteiger partial charge in [-0.2, -0.15) is 0 Å². The number of rotatable bonds is 2. The van der Waals surface area contributed by atoms with Crippen LogP contribution in [0, 0.1) is 5.41 Å². The van der Waals surface area contributed by atoms with Crippen LogP contribution in [0.4, 0.5) is 0 Å². The fourth-order valence-electron chi connectivity index (χ4n) is 2.66. The van der Waals surface area contributed by atoms with E-state index in [0.29, 0.717) is 0 Å². The SMILES string of the molecule is CC(OC1c2ccccc2-c2ccccc21)C(C)(C)C. The maximum absolute atomic E-state index is 6.43. The number of hydrogen-bond acceptors (Lipinski definition) is 1. The van der Waals surface area contributed by atoms with Gasteiger partial charge in [0.15, 0.2) is 0 Å². The zero-order valence-corrected chi connectivity index (χ0v) is 12.7. The van der Waals surface area contributed by atoms with Gasteiger partial charge in [-0.05, 0) is 34.6 Å². The molecule has 0 amide bonds. The van der Waals surface area contributed by atoms with E-state index < -0.39 is 0 Å². The molecule has 104 valence electrons. The van der Waals surface area contributed by atoms with Gasteiger partial charge in [0, 0.05) is 0 Å². The summed E-state index contributed by atoms with van der Waals surface area (Å²) < 4.78 is 6.43. The molecule has 0 saturated heterocycles. The second-order valence-corrected chi connectivity index (χ2v) is 6.70. The first-order valence-electron chi connectivity index (χ1n) is 7.32. The highest BCUT2D eigenvalue weighted by molar-refractivity contribution is 5.78. The third-order valence-corrected chi connectivity index (χ3v) is 4.34. The third-order valence-electron chi connectivity index (χ3n) is 4.34. The molecule has 1 nitrogen and oxygen atoms in total. The Balaban J connectivity index is 2.03. The number of benzene rings is 2. The van der Waals surface area contributed by atoms with Crippen molar-refractivity contribution in [2.24, 2.45) is 5.41 Å². The van der Waals surface area contributed by atoms with E-state index in [9.17, 15) is 0 Å². The lowest BCUT2D eigenvalue weighted by Gasteiger charge is -2.30. The van der Waals surface area contributed by atoms with Crippen LogP contribution in [0.25, 0.3) is 11.1 Å². The molecule has 0 aromatic heterocycles. The average Bonchev–Trinajstić information content (AvgIpc) is 2.73. The molecule has 1 aliphatic carbocycles. The summed E-state index contributed by atoms with van der Waals surface area (Å²) >= 11 is 0. The molecule has 0 radical (unpaired) electrons. The smallest absolute Gasteiger partial charge is 0.109 e. The highest BCUT2D eigenvalue weighted by Gasteiger charge is 2.32. The molecule has 20 heavy (non-hydrogen) atoms. The van der Waals surface area contributed by atoms with E-state index in [1.165, 1.54) is 22.3 Å². The quantitative estimate of drug-likeness (QED) is 0.725. The summed E-state index contributed by atoms with van der Waals surface area (Å²) in [6, 6.07) is 17.2. The van der Waals surface area contributed by atoms with Crippen LogP contribution in [0.15, 0.2) is 48.5 Å². The van der Waals surface area contributed by atoms with Crippen LogP contribution < -0.4 is 0 Å². The van der Waals surface area contributed by atoms with Crippen molar-refractivity contribution in [3.05, 3.63) is 59.7 Å². The summed E-state index contributed by atoms with van der Waals surface area (Å²) in [4.78, 5) is 0. The maximum atomic E-state index is 6.43. The van der Waals surface area contributed by atoms with Gasteiger partial charge in [-0.15, -0.1) is 0 Å². The predicted octanol–water partition coefficient (Wildman–Crippen LogP) is 5.21. The number of ether oxygens (including phenoxy) is 1. The van der Waals surface area contributed by atoms with Crippen molar-refractivity contribution in [2.45, 2.75) is 39.9 Å². The van der Waals surface area contributed by atoms with Gasteiger partial charge in [0.2, 0.25) is 0 Å². The molecular formula is C19H22O. The minimum Gasteiger partial charge on any atom is -0.365 e. The molecule has 1 heteroatoms. The molecule has 2 aromatic carbocycles. The first-order chi connectivity index (χ1) is 9.48. The van der Waals surface area contributed by atoms with Crippen LogP contribution in [-0.2, 0) is 4.74 Å². The van der Waals surface area contributed by atoms with Gasteiger partial charge < -0.3 is 4.74 Å². The van der Waals surface area contributed by atoms with Crippen LogP contribution >= 0.6 is 0 Å². The third kappa shape index (κ3) is 2.16. The zero-order chi connectivity index (χ0) is 14.3. The Morgan fingerprint density at radius 2 is 1.30 bits per heavy atom. The summed E-state index contributed by atoms with van der Waals surface area (Å²) in [7, 11) is 0. The first kappa shape index (κ1) is 13.4. The molecule has 0 N–H and O–H groups in total. The molecule has 0 heterocycles. The first-order valence-corrected chi connectivity index (χ1v) is 7.32. The summed E-state index contributed by atoms with van der Waals surface area (Å²) in [6.45, 7) is 8.85. The Morgan fingerprint density at radius 1 is 0.850 bits per heavy atom. The lowest BCUT2D eigenvalue weighted by molar-refractivity contribution is -0.0386. The van der Waals surface area contributed by atoms with E-state index >= 15 is 0 Å². The largest absolute Gasteiger partial charge is 0.365 e. The Morgan fingerprint density at radius 3 is 1.75 bits per heavy atom. The lowest BCUT2D eigenvalue weighted by atomic mass is 9.90. The highest BCUT2D eigenvalue weighted by Crippen LogP contribution is 2.46. The van der Waals surface area contributed by atoms with Crippen molar-refractivity contribution in [3.63, 3.8) is 0 Å². The molecule has 0 spiro atoms. The van der Waals surface area contributed by atoms with Crippen LogP contribution in [0.2, 0.25) is 0 Å². The van der Waals surface area contributed by atoms with E-state index in [1.807, 2.05) is 0 Å². The summed E-state index contributed by atoms with van der Waals surface area (Å²) in [5.74, 6) is 0. The van der Waals surface area contributed by atoms with Crippen LogP contribution in [0.1, 0.15) is 44.9 Å². The van der Waals surface area contributed by atoms with Gasteiger partial charge in [0.25, 0.3) is 0 Å². The van der Waals surface area contributed by atoms with Gasteiger partial charge in [-0.3, -0.25) is 0 Å². The lowest BCUT2D eigenvalue weighted by Crippen LogP contribution is -2.27. The molecule has 1 unspecified atom stereocenters. The van der Waals surface area contributed by atoms with Crippen molar-refractivity contribution >= 4 is 0 Å². The normalized spacial score (nSPS) is 15.8. The van der Waals surface area contributed by atoms with E-state index in [-0.39, 0.29) is 17.6 Å². The van der Waals surface area contributed by atoms with Crippen LogP contribution in [0.5, 0.6) is 0 Å². The summed E-state index contributed by atoms with van der Waals surface area (Å²) in [5, 5.41) is 0. The summed E-state index contributed by atoms with van der Waals surface area (Å²) in [5.41, 5.74) is 5.37. The van der Waals surface area contributed by atoms with E-state index in [0.717, 1.165) is 0 Å². The fraction of sp³-hybridized carbons (Fsp3) is 0.368. The molecule has 0 fully saturated rings. The Kier molecular flexibility index (Phi) is 3.18. The van der Waals surface area contributed by atoms with Crippen molar-refractivity contribution in [1.29, 1.82) is 0 Å². The van der Waals surface area contributed by atoms with Crippen molar-refractivity contribution in [3.8, 4) is 11.1 Å². The standard InChI is InChI=1S/C19H22O/c1-13(19(2,3)4)20-18-16-11-7-5-9-14(16)15-10-6-8-12-17(15)18/h5-13,18H,1-4H3. The van der Waals surface area contributed by atoms with Gasteiger partial charge in [0.1, 0.15) is 6.10 Å². The predicted molar refractivity (Wildman–Crippen MR) is 83.7 cm³/mol. The van der Waals surface area contributed by atoms with Crippen LogP contribution in [0.3, 0.4) is 0 Å². The fourth-order valence-corrected chi connectivity index (χ4v) is 2.66. The minimum absolute atomic E-state index is 0.0663. The Labute approximate surface area is 121 Å². The monoisotopic (exact) mass is 266 g/mol. The van der Waals surface area contributed by atoms with Crippen molar-refractivity contribution in [1.82, 2.24) is 0 Å². The molecule has 2 aromatic rings. The van der Waals surface area contributed by atoms with E-state index in [1.54, 1.807) is 0 Å². The minimum atomic E-state index is 0.0663. The molecule has 0 bridgehead atoms. The Hall–Kier alpha value is -1.60. The maximum Gasteiger partial charge on any atom is 0.109 e. The van der Waals surface area contributed by atoms with E-state index in [2.05, 4.69) is 76.2 Å². The molecule has 3 rings (SSSR count). The van der Waals surface area contributed by atoms with Crippen molar-refractivity contribution in [2.75, 3.05) is 0 Å². The van der Waals surface area contributed by atoms with Gasteiger partial charge in [-0.1, -0.05) is 69.3 Å². The van der Waals surface area contributed by atoms with Crippen molar-refractivity contribution < 1.29 is 4.74 Å². The second-order valence-electron chi connectivity index (χ2n) is 6.70. The molecule has 1 aliphatic rings. The number of fused-ring (bicyclic) bond motifs is 3. The van der Waals surface area contributed by atoms with Gasteiger partial charge in [0.05, 0.1) is 6.10 Å². The second kappa shape index (κ2) is 4.75. The zero-order valence-electron chi connectivity index (χ0n) is 12.7.